The minimum atomic E-state index is -4.77. The van der Waals surface area contributed by atoms with Crippen LogP contribution in [0.2, 0.25) is 26.2 Å². The zero-order valence-electron chi connectivity index (χ0n) is 15.4. The van der Waals surface area contributed by atoms with Crippen molar-refractivity contribution >= 4 is 53.3 Å². The van der Waals surface area contributed by atoms with Gasteiger partial charge in [0.1, 0.15) is 0 Å². The summed E-state index contributed by atoms with van der Waals surface area (Å²) in [6.45, 7) is 5.34. The van der Waals surface area contributed by atoms with Crippen LogP contribution in [0.4, 0.5) is 0 Å². The maximum Gasteiger partial charge on any atom is 0.658 e. The van der Waals surface area contributed by atoms with Gasteiger partial charge in [-0.1, -0.05) is 0 Å². The van der Waals surface area contributed by atoms with E-state index < -0.39 is 53.3 Å². The van der Waals surface area contributed by atoms with Gasteiger partial charge in [0, 0.05) is 47.5 Å². The van der Waals surface area contributed by atoms with E-state index in [4.69, 9.17) is 42.1 Å². The standard InChI is InChI=1S/C7H24O13Si6/c1-11-23(6)14-21(4,8)16-25(10)17-22(5,9)15-24(7,12-2)19-26(13-3,18-23)20-25/h8-10H,1-7H3/t21-,22?,23+,24-,25?,26?/m1/s1. The maximum atomic E-state index is 10.8. The average Bonchev–Trinajstić information content (AvgIpc) is 2.41. The van der Waals surface area contributed by atoms with Gasteiger partial charge in [0.15, 0.2) is 0 Å². The second kappa shape index (κ2) is 7.23. The molecular weight excluding hydrogens is 461 g/mol. The molecule has 2 fully saturated rings. The third-order valence-corrected chi connectivity index (χ3v) is 23.3. The lowest BCUT2D eigenvalue weighted by Gasteiger charge is -2.47. The first-order valence-electron chi connectivity index (χ1n) is 7.37. The van der Waals surface area contributed by atoms with Crippen molar-refractivity contribution in [1.82, 2.24) is 0 Å². The van der Waals surface area contributed by atoms with Crippen LogP contribution in [-0.2, 0) is 42.1 Å². The monoisotopic (exact) mass is 484 g/mol. The number of hydrogen-bond donors (Lipinski definition) is 3. The summed E-state index contributed by atoms with van der Waals surface area (Å²) in [5, 5.41) is 0. The van der Waals surface area contributed by atoms with Crippen molar-refractivity contribution in [3.8, 4) is 0 Å². The zero-order valence-corrected chi connectivity index (χ0v) is 21.4. The van der Waals surface area contributed by atoms with Crippen LogP contribution in [0.5, 0.6) is 0 Å². The number of hydrogen-bond acceptors (Lipinski definition) is 13. The van der Waals surface area contributed by atoms with Gasteiger partial charge >= 0.3 is 53.3 Å². The van der Waals surface area contributed by atoms with Gasteiger partial charge in [-0.3, -0.25) is 0 Å². The molecule has 2 heterocycles. The summed E-state index contributed by atoms with van der Waals surface area (Å²) in [6.07, 6.45) is 0. The molecule has 19 heteroatoms. The summed E-state index contributed by atoms with van der Waals surface area (Å²) in [4.78, 5) is 31.7. The molecule has 2 rings (SSSR count). The molecule has 0 spiro atoms. The fourth-order valence-corrected chi connectivity index (χ4v) is 24.3. The largest absolute Gasteiger partial charge is 0.658 e. The van der Waals surface area contributed by atoms with Crippen LogP contribution in [0.15, 0.2) is 0 Å². The van der Waals surface area contributed by atoms with E-state index in [1.807, 2.05) is 0 Å². The van der Waals surface area contributed by atoms with Crippen LogP contribution in [0.25, 0.3) is 0 Å². The Bertz CT molecular complexity index is 499. The van der Waals surface area contributed by atoms with Gasteiger partial charge in [-0.15, -0.1) is 0 Å². The molecule has 0 amide bonds. The highest BCUT2D eigenvalue weighted by molar-refractivity contribution is 6.91. The Morgan fingerprint density at radius 1 is 0.538 bits per heavy atom. The normalized spacial score (nSPS) is 53.3. The SMILES string of the molecule is CO[Si]12O[Si](O)(O[Si](C)(O)O[Si@@](C)(OC)O1)O[Si@](C)(O)O[Si@](C)(OC)O2. The molecule has 26 heavy (non-hydrogen) atoms. The molecule has 154 valence electrons. The van der Waals surface area contributed by atoms with Gasteiger partial charge < -0.3 is 56.5 Å². The Hall–Kier alpha value is 0.781. The highest BCUT2D eigenvalue weighted by Gasteiger charge is 2.73. The van der Waals surface area contributed by atoms with E-state index in [2.05, 4.69) is 0 Å². The minimum Gasteiger partial charge on any atom is -0.391 e. The molecule has 6 atom stereocenters. The van der Waals surface area contributed by atoms with Gasteiger partial charge in [-0.25, -0.2) is 0 Å². The van der Waals surface area contributed by atoms with E-state index in [0.717, 1.165) is 0 Å². The fourth-order valence-electron chi connectivity index (χ4n) is 2.28. The Morgan fingerprint density at radius 3 is 1.23 bits per heavy atom. The molecule has 13 nitrogen and oxygen atoms in total. The predicted molar refractivity (Wildman–Crippen MR) is 93.3 cm³/mol. The molecule has 0 aromatic carbocycles. The van der Waals surface area contributed by atoms with E-state index >= 15 is 0 Å². The quantitative estimate of drug-likeness (QED) is 0.386. The minimum absolute atomic E-state index is 1.21. The van der Waals surface area contributed by atoms with E-state index in [1.54, 1.807) is 0 Å². The highest BCUT2D eigenvalue weighted by atomic mass is 28.6. The molecule has 3 unspecified atom stereocenters. The Morgan fingerprint density at radius 2 is 0.923 bits per heavy atom. The first kappa shape index (κ1) is 23.1. The van der Waals surface area contributed by atoms with Gasteiger partial charge in [0.2, 0.25) is 0 Å². The van der Waals surface area contributed by atoms with Gasteiger partial charge in [0.25, 0.3) is 0 Å². The summed E-state index contributed by atoms with van der Waals surface area (Å²) >= 11 is 0. The molecule has 3 N–H and O–H groups in total. The molecule has 0 aliphatic carbocycles. The van der Waals surface area contributed by atoms with Crippen molar-refractivity contribution < 1.29 is 56.5 Å². The summed E-state index contributed by atoms with van der Waals surface area (Å²) in [6, 6.07) is 0. The highest BCUT2D eigenvalue weighted by Crippen LogP contribution is 2.36. The van der Waals surface area contributed by atoms with Crippen LogP contribution in [0.3, 0.4) is 0 Å². The Kier molecular flexibility index (Phi) is 6.42. The second-order valence-corrected chi connectivity index (χ2v) is 21.9. The molecule has 0 aromatic rings. The summed E-state index contributed by atoms with van der Waals surface area (Å²) in [5.41, 5.74) is 0. The molecule has 2 aliphatic rings. The first-order valence-corrected chi connectivity index (χ1v) is 19.6. The second-order valence-electron chi connectivity index (χ2n) is 5.87. The van der Waals surface area contributed by atoms with Crippen molar-refractivity contribution in [3.63, 3.8) is 0 Å². The molecule has 2 bridgehead atoms. The average molecular weight is 485 g/mol. The number of fused-ring (bicyclic) bond motifs is 2. The van der Waals surface area contributed by atoms with E-state index in [9.17, 15) is 14.4 Å². The topological polar surface area (TPSA) is 153 Å². The third kappa shape index (κ3) is 5.23. The molecule has 2 aliphatic heterocycles. The van der Waals surface area contributed by atoms with Gasteiger partial charge in [-0.2, -0.15) is 0 Å². The summed E-state index contributed by atoms with van der Waals surface area (Å²) in [7, 11) is -20.5. The van der Waals surface area contributed by atoms with Crippen molar-refractivity contribution in [2.24, 2.45) is 0 Å². The zero-order chi connectivity index (χ0) is 20.1. The van der Waals surface area contributed by atoms with E-state index in [0.29, 0.717) is 0 Å². The van der Waals surface area contributed by atoms with Crippen molar-refractivity contribution in [1.29, 1.82) is 0 Å². The smallest absolute Gasteiger partial charge is 0.391 e. The summed E-state index contributed by atoms with van der Waals surface area (Å²) in [5.74, 6) is 0. The van der Waals surface area contributed by atoms with Crippen molar-refractivity contribution in [2.75, 3.05) is 21.3 Å². The van der Waals surface area contributed by atoms with Gasteiger partial charge in [0.05, 0.1) is 0 Å². The van der Waals surface area contributed by atoms with Crippen LogP contribution in [0, 0.1) is 0 Å². The maximum absolute atomic E-state index is 10.8. The molecule has 0 radical (unpaired) electrons. The molecule has 0 aromatic heterocycles. The molecule has 0 saturated carbocycles. The number of rotatable bonds is 3. The lowest BCUT2D eigenvalue weighted by molar-refractivity contribution is -0.0371. The molecular formula is C7H24O13Si6. The van der Waals surface area contributed by atoms with E-state index in [1.165, 1.54) is 47.5 Å². The van der Waals surface area contributed by atoms with Crippen molar-refractivity contribution in [3.05, 3.63) is 0 Å². The summed E-state index contributed by atoms with van der Waals surface area (Å²) < 4.78 is 54.7. The lowest BCUT2D eigenvalue weighted by atomic mass is 11.8. The van der Waals surface area contributed by atoms with E-state index in [-0.39, 0.29) is 0 Å². The predicted octanol–water partition coefficient (Wildman–Crippen LogP) is -1.81. The first-order chi connectivity index (χ1) is 11.6. The van der Waals surface area contributed by atoms with Crippen molar-refractivity contribution in [2.45, 2.75) is 26.2 Å². The van der Waals surface area contributed by atoms with Crippen LogP contribution >= 0.6 is 0 Å². The molecule has 2 saturated heterocycles. The van der Waals surface area contributed by atoms with Crippen LogP contribution in [-0.4, -0.2) is 89.0 Å². The van der Waals surface area contributed by atoms with Gasteiger partial charge in [-0.05, 0) is 0 Å². The van der Waals surface area contributed by atoms with Crippen LogP contribution < -0.4 is 0 Å². The third-order valence-electron chi connectivity index (χ3n) is 3.25. The Balaban J connectivity index is 2.57. The fraction of sp³-hybridized carbons (Fsp3) is 1.00. The lowest BCUT2D eigenvalue weighted by Crippen LogP contribution is -2.78. The Labute approximate surface area is 157 Å². The van der Waals surface area contributed by atoms with Crippen LogP contribution in [0.1, 0.15) is 0 Å².